The van der Waals surface area contributed by atoms with Gasteiger partial charge in [0.2, 0.25) is 0 Å². The summed E-state index contributed by atoms with van der Waals surface area (Å²) in [4.78, 5) is 27.3. The van der Waals surface area contributed by atoms with Gasteiger partial charge in [0.25, 0.3) is 11.8 Å². The number of hydrogen-bond acceptors (Lipinski definition) is 5. The molecule has 0 saturated heterocycles. The molecular weight excluding hydrogens is 477 g/mol. The van der Waals surface area contributed by atoms with E-state index in [0.29, 0.717) is 28.1 Å². The summed E-state index contributed by atoms with van der Waals surface area (Å²) in [6.45, 7) is 3.24. The van der Waals surface area contributed by atoms with Crippen LogP contribution in [0.5, 0.6) is 11.5 Å². The van der Waals surface area contributed by atoms with Gasteiger partial charge in [-0.2, -0.15) is 0 Å². The molecule has 182 valence electrons. The zero-order valence-electron chi connectivity index (χ0n) is 19.1. The van der Waals surface area contributed by atoms with Crippen molar-refractivity contribution in [3.63, 3.8) is 0 Å². The van der Waals surface area contributed by atoms with Gasteiger partial charge in [-0.15, -0.1) is 0 Å². The largest absolute Gasteiger partial charge is 0.484 e. The molecule has 1 fully saturated rings. The first-order chi connectivity index (χ1) is 16.4. The summed E-state index contributed by atoms with van der Waals surface area (Å²) in [5.74, 6) is 1.01. The van der Waals surface area contributed by atoms with E-state index in [9.17, 15) is 9.59 Å². The van der Waals surface area contributed by atoms with Crippen LogP contribution < -0.4 is 25.0 Å². The number of rotatable bonds is 7. The molecule has 0 aromatic heterocycles. The van der Waals surface area contributed by atoms with Crippen molar-refractivity contribution in [1.29, 1.82) is 0 Å². The molecule has 2 aromatic rings. The van der Waals surface area contributed by atoms with Gasteiger partial charge in [-0.1, -0.05) is 23.2 Å². The molecule has 2 aromatic carbocycles. The first-order valence-electron chi connectivity index (χ1n) is 11.6. The van der Waals surface area contributed by atoms with E-state index in [4.69, 9.17) is 32.7 Å². The number of nitrogens with one attached hydrogen (secondary N) is 2. The van der Waals surface area contributed by atoms with Crippen molar-refractivity contribution in [2.75, 3.05) is 24.6 Å². The number of halogens is 2. The Balaban J connectivity index is 1.21. The number of amides is 2. The number of likely N-dealkylation sites (N-methyl/N-ethyl adjacent to an activating group) is 1. The summed E-state index contributed by atoms with van der Waals surface area (Å²) in [5.41, 5.74) is 0.912. The van der Waals surface area contributed by atoms with Crippen LogP contribution in [0.15, 0.2) is 42.5 Å². The molecule has 0 unspecified atom stereocenters. The molecule has 4 rings (SSSR count). The maximum absolute atomic E-state index is 12.9. The van der Waals surface area contributed by atoms with Crippen LogP contribution in [0, 0.1) is 0 Å². The first-order valence-corrected chi connectivity index (χ1v) is 12.4. The SMILES string of the molecule is CCN1C[C@@H](C(=O)N[C@H]2CC[C@H](NC(=O)COc3ccc(Cl)cc3)CC2)Oc2ccc(Cl)cc21. The zero-order chi connectivity index (χ0) is 24.1. The van der Waals surface area contributed by atoms with Crippen LogP contribution in [0.1, 0.15) is 32.6 Å². The third kappa shape index (κ3) is 6.27. The molecule has 1 atom stereocenters. The van der Waals surface area contributed by atoms with Crippen molar-refractivity contribution in [3.05, 3.63) is 52.5 Å². The molecule has 2 aliphatic rings. The quantitative estimate of drug-likeness (QED) is 0.589. The fourth-order valence-corrected chi connectivity index (χ4v) is 4.68. The fourth-order valence-electron chi connectivity index (χ4n) is 4.39. The predicted molar refractivity (Wildman–Crippen MR) is 133 cm³/mol. The minimum absolute atomic E-state index is 0.0437. The standard InChI is InChI=1S/C25H29Cl2N3O4/c1-2-30-14-23(34-22-12-5-17(27)13-21(22)30)25(32)29-19-8-6-18(7-9-19)28-24(31)15-33-20-10-3-16(26)4-11-20/h3-5,10-13,18-19,23H,2,6-9,14-15H2,1H3,(H,28,31)(H,29,32)/t18-,19-,23-/m0/s1. The van der Waals surface area contributed by atoms with Crippen LogP contribution in [0.3, 0.4) is 0 Å². The summed E-state index contributed by atoms with van der Waals surface area (Å²) < 4.78 is 11.5. The van der Waals surface area contributed by atoms with E-state index in [1.54, 1.807) is 30.3 Å². The molecule has 1 aliphatic heterocycles. The molecule has 1 saturated carbocycles. The van der Waals surface area contributed by atoms with Gasteiger partial charge < -0.3 is 25.0 Å². The normalized spacial score (nSPS) is 21.7. The van der Waals surface area contributed by atoms with Crippen LogP contribution in [0.4, 0.5) is 5.69 Å². The molecule has 2 amide bonds. The third-order valence-electron chi connectivity index (χ3n) is 6.21. The Labute approximate surface area is 209 Å². The fraction of sp³-hybridized carbons (Fsp3) is 0.440. The van der Waals surface area contributed by atoms with Crippen LogP contribution in [-0.4, -0.2) is 49.7 Å². The van der Waals surface area contributed by atoms with Gasteiger partial charge in [0, 0.05) is 28.7 Å². The second kappa shape index (κ2) is 11.2. The Hall–Kier alpha value is -2.64. The summed E-state index contributed by atoms with van der Waals surface area (Å²) in [7, 11) is 0. The average Bonchev–Trinajstić information content (AvgIpc) is 2.84. The van der Waals surface area contributed by atoms with Crippen LogP contribution in [-0.2, 0) is 9.59 Å². The van der Waals surface area contributed by atoms with Gasteiger partial charge in [0.15, 0.2) is 12.7 Å². The zero-order valence-corrected chi connectivity index (χ0v) is 20.6. The molecule has 2 N–H and O–H groups in total. The molecule has 1 aliphatic carbocycles. The molecule has 9 heteroatoms. The topological polar surface area (TPSA) is 79.9 Å². The number of benzene rings is 2. The van der Waals surface area contributed by atoms with Crippen molar-refractivity contribution < 1.29 is 19.1 Å². The number of hydrogen-bond donors (Lipinski definition) is 2. The monoisotopic (exact) mass is 505 g/mol. The summed E-state index contributed by atoms with van der Waals surface area (Å²) in [6, 6.07) is 12.5. The Morgan fingerprint density at radius 2 is 1.65 bits per heavy atom. The Bertz CT molecular complexity index is 1010. The number of carbonyl (C=O) groups is 2. The van der Waals surface area contributed by atoms with E-state index in [1.165, 1.54) is 0 Å². The van der Waals surface area contributed by atoms with Crippen molar-refractivity contribution in [2.24, 2.45) is 0 Å². The number of ether oxygens (including phenoxy) is 2. The second-order valence-electron chi connectivity index (χ2n) is 8.62. The molecular formula is C25H29Cl2N3O4. The maximum Gasteiger partial charge on any atom is 0.263 e. The lowest BCUT2D eigenvalue weighted by molar-refractivity contribution is -0.129. The molecule has 1 heterocycles. The summed E-state index contributed by atoms with van der Waals surface area (Å²) in [6.07, 6.45) is 2.61. The van der Waals surface area contributed by atoms with E-state index >= 15 is 0 Å². The highest BCUT2D eigenvalue weighted by atomic mass is 35.5. The van der Waals surface area contributed by atoms with E-state index in [2.05, 4.69) is 15.5 Å². The highest BCUT2D eigenvalue weighted by Crippen LogP contribution is 2.35. The van der Waals surface area contributed by atoms with Gasteiger partial charge in [0.1, 0.15) is 11.5 Å². The van der Waals surface area contributed by atoms with Crippen LogP contribution >= 0.6 is 23.2 Å². The molecule has 0 radical (unpaired) electrons. The Kier molecular flexibility index (Phi) is 8.06. The van der Waals surface area contributed by atoms with E-state index in [0.717, 1.165) is 37.9 Å². The maximum atomic E-state index is 12.9. The Morgan fingerprint density at radius 3 is 2.32 bits per heavy atom. The highest BCUT2D eigenvalue weighted by Gasteiger charge is 2.32. The number of anilines is 1. The minimum Gasteiger partial charge on any atom is -0.484 e. The van der Waals surface area contributed by atoms with E-state index in [-0.39, 0.29) is 30.5 Å². The van der Waals surface area contributed by atoms with Crippen molar-refractivity contribution in [3.8, 4) is 11.5 Å². The van der Waals surface area contributed by atoms with Crippen LogP contribution in [0.2, 0.25) is 10.0 Å². The highest BCUT2D eigenvalue weighted by molar-refractivity contribution is 6.31. The van der Waals surface area contributed by atoms with Crippen molar-refractivity contribution in [1.82, 2.24) is 10.6 Å². The second-order valence-corrected chi connectivity index (χ2v) is 9.50. The lowest BCUT2D eigenvalue weighted by Crippen LogP contribution is -2.52. The minimum atomic E-state index is -0.573. The number of carbonyl (C=O) groups excluding carboxylic acids is 2. The number of fused-ring (bicyclic) bond motifs is 1. The van der Waals surface area contributed by atoms with Crippen molar-refractivity contribution in [2.45, 2.75) is 50.8 Å². The number of nitrogens with zero attached hydrogens (tertiary/aromatic N) is 1. The van der Waals surface area contributed by atoms with Gasteiger partial charge in [0.05, 0.1) is 12.2 Å². The molecule has 0 bridgehead atoms. The van der Waals surface area contributed by atoms with Gasteiger partial charge in [-0.05, 0) is 75.1 Å². The third-order valence-corrected chi connectivity index (χ3v) is 6.70. The predicted octanol–water partition coefficient (Wildman–Crippen LogP) is 4.20. The van der Waals surface area contributed by atoms with Gasteiger partial charge in [-0.3, -0.25) is 9.59 Å². The molecule has 34 heavy (non-hydrogen) atoms. The lowest BCUT2D eigenvalue weighted by Gasteiger charge is -2.36. The van der Waals surface area contributed by atoms with Crippen LogP contribution in [0.25, 0.3) is 0 Å². The van der Waals surface area contributed by atoms with Gasteiger partial charge in [-0.25, -0.2) is 0 Å². The molecule has 7 nitrogen and oxygen atoms in total. The van der Waals surface area contributed by atoms with E-state index in [1.807, 2.05) is 19.1 Å². The average molecular weight is 506 g/mol. The van der Waals surface area contributed by atoms with E-state index < -0.39 is 6.10 Å². The summed E-state index contributed by atoms with van der Waals surface area (Å²) >= 11 is 12.0. The van der Waals surface area contributed by atoms with Crippen molar-refractivity contribution >= 4 is 40.7 Å². The Morgan fingerprint density at radius 1 is 1.00 bits per heavy atom. The first kappa shape index (κ1) is 24.5. The summed E-state index contributed by atoms with van der Waals surface area (Å²) in [5, 5.41) is 7.42. The lowest BCUT2D eigenvalue weighted by atomic mass is 9.91. The van der Waals surface area contributed by atoms with Gasteiger partial charge >= 0.3 is 0 Å². The molecule has 0 spiro atoms. The smallest absolute Gasteiger partial charge is 0.263 e.